The van der Waals surface area contributed by atoms with Crippen LogP contribution in [0.4, 0.5) is 8.78 Å². The van der Waals surface area contributed by atoms with Gasteiger partial charge in [0.1, 0.15) is 0 Å². The monoisotopic (exact) mass is 223 g/mol. The summed E-state index contributed by atoms with van der Waals surface area (Å²) in [6, 6.07) is 0.768. The molecule has 1 N–H and O–H groups in total. The molecule has 1 aliphatic carbocycles. The van der Waals surface area contributed by atoms with E-state index in [4.69, 9.17) is 0 Å². The van der Waals surface area contributed by atoms with Crippen molar-refractivity contribution in [2.45, 2.75) is 50.6 Å². The van der Waals surface area contributed by atoms with Crippen LogP contribution in [0, 0.1) is 11.3 Å². The molecule has 1 spiro atoms. The molecule has 0 aromatic rings. The Balaban J connectivity index is 0.000000750. The number of hydrogen-bond donors (Lipinski definition) is 1. The van der Waals surface area contributed by atoms with Crippen LogP contribution >= 0.6 is 12.4 Å². The molecule has 0 amide bonds. The number of rotatable bonds is 0. The zero-order valence-corrected chi connectivity index (χ0v) is 9.04. The molecule has 82 valence electrons. The van der Waals surface area contributed by atoms with Gasteiger partial charge in [0.25, 0.3) is 5.92 Å². The van der Waals surface area contributed by atoms with Gasteiger partial charge in [-0.3, -0.25) is 0 Å². The van der Waals surface area contributed by atoms with Crippen molar-refractivity contribution in [2.75, 3.05) is 0 Å². The lowest BCUT2D eigenvalue weighted by Gasteiger charge is -2.29. The van der Waals surface area contributed by atoms with E-state index in [0.717, 1.165) is 12.8 Å². The number of nitrogens with one attached hydrogen (secondary N) is 1. The fraction of sp³-hybridized carbons (Fsp3) is 1.00. The van der Waals surface area contributed by atoms with Crippen molar-refractivity contribution in [1.82, 2.24) is 5.32 Å². The van der Waals surface area contributed by atoms with Crippen LogP contribution < -0.4 is 5.32 Å². The molecule has 3 aliphatic rings. The molecule has 3 unspecified atom stereocenters. The lowest BCUT2D eigenvalue weighted by atomic mass is 9.87. The third kappa shape index (κ3) is 1.03. The van der Waals surface area contributed by atoms with Gasteiger partial charge in [-0.15, -0.1) is 12.4 Å². The van der Waals surface area contributed by atoms with Crippen molar-refractivity contribution in [3.05, 3.63) is 0 Å². The van der Waals surface area contributed by atoms with Gasteiger partial charge < -0.3 is 5.32 Å². The summed E-state index contributed by atoms with van der Waals surface area (Å²) in [5, 5.41) is 3.41. The fourth-order valence-electron chi connectivity index (χ4n) is 3.52. The first kappa shape index (κ1) is 10.6. The predicted molar refractivity (Wildman–Crippen MR) is 53.0 cm³/mol. The fourth-order valence-corrected chi connectivity index (χ4v) is 3.52. The second kappa shape index (κ2) is 2.82. The Morgan fingerprint density at radius 1 is 1.14 bits per heavy atom. The number of hydrogen-bond acceptors (Lipinski definition) is 1. The third-order valence-corrected chi connectivity index (χ3v) is 4.51. The van der Waals surface area contributed by atoms with E-state index >= 15 is 0 Å². The average molecular weight is 224 g/mol. The van der Waals surface area contributed by atoms with Crippen LogP contribution in [-0.4, -0.2) is 18.0 Å². The van der Waals surface area contributed by atoms with Crippen LogP contribution in [0.25, 0.3) is 0 Å². The number of piperidine rings is 1. The first-order valence-corrected chi connectivity index (χ1v) is 5.20. The first-order chi connectivity index (χ1) is 6.06. The van der Waals surface area contributed by atoms with Gasteiger partial charge in [0.2, 0.25) is 0 Å². The topological polar surface area (TPSA) is 12.0 Å². The van der Waals surface area contributed by atoms with Gasteiger partial charge in [-0.2, -0.15) is 0 Å². The Hall–Kier alpha value is 0.110. The van der Waals surface area contributed by atoms with Crippen LogP contribution in [0.3, 0.4) is 0 Å². The minimum absolute atomic E-state index is 0. The quantitative estimate of drug-likeness (QED) is 0.666. The van der Waals surface area contributed by atoms with E-state index in [1.165, 1.54) is 0 Å². The van der Waals surface area contributed by atoms with E-state index in [1.807, 2.05) is 0 Å². The standard InChI is InChI=1S/C10H15F2N.ClH/c1-6-9(10(6,11)12)4-7-2-3-8(5-9)13-7;/h6-8,13H,2-5H2,1H3;1H. The van der Waals surface area contributed by atoms with E-state index in [0.29, 0.717) is 24.9 Å². The summed E-state index contributed by atoms with van der Waals surface area (Å²) in [7, 11) is 0. The highest BCUT2D eigenvalue weighted by Gasteiger charge is 2.79. The lowest BCUT2D eigenvalue weighted by molar-refractivity contribution is 0.0392. The molecule has 4 heteroatoms. The van der Waals surface area contributed by atoms with Crippen LogP contribution in [-0.2, 0) is 0 Å². The van der Waals surface area contributed by atoms with Gasteiger partial charge in [0.05, 0.1) is 0 Å². The summed E-state index contributed by atoms with van der Waals surface area (Å²) in [5.74, 6) is -2.74. The Morgan fingerprint density at radius 3 is 1.93 bits per heavy atom. The molecule has 1 nitrogen and oxygen atoms in total. The highest BCUT2D eigenvalue weighted by atomic mass is 35.5. The molecule has 0 radical (unpaired) electrons. The molecular formula is C10H16ClF2N. The molecule has 2 saturated heterocycles. The number of fused-ring (bicyclic) bond motifs is 2. The van der Waals surface area contributed by atoms with E-state index in [-0.39, 0.29) is 18.3 Å². The van der Waals surface area contributed by atoms with E-state index in [9.17, 15) is 8.78 Å². The first-order valence-electron chi connectivity index (χ1n) is 5.20. The number of halogens is 3. The smallest absolute Gasteiger partial charge is 0.257 e. The van der Waals surface area contributed by atoms with Gasteiger partial charge in [-0.1, -0.05) is 6.92 Å². The Labute approximate surface area is 89.0 Å². The van der Waals surface area contributed by atoms with Crippen molar-refractivity contribution in [1.29, 1.82) is 0 Å². The summed E-state index contributed by atoms with van der Waals surface area (Å²) in [6.45, 7) is 1.71. The summed E-state index contributed by atoms with van der Waals surface area (Å²) < 4.78 is 26.8. The molecule has 2 aliphatic heterocycles. The average Bonchev–Trinajstić information content (AvgIpc) is 2.46. The Kier molecular flexibility index (Phi) is 2.14. The third-order valence-electron chi connectivity index (χ3n) is 4.51. The number of alkyl halides is 2. The largest absolute Gasteiger partial charge is 0.311 e. The maximum atomic E-state index is 13.4. The van der Waals surface area contributed by atoms with E-state index < -0.39 is 11.3 Å². The molecule has 14 heavy (non-hydrogen) atoms. The van der Waals surface area contributed by atoms with Gasteiger partial charge in [-0.25, -0.2) is 8.78 Å². The second-order valence-electron chi connectivity index (χ2n) is 5.05. The highest BCUT2D eigenvalue weighted by molar-refractivity contribution is 5.85. The Morgan fingerprint density at radius 2 is 1.57 bits per heavy atom. The van der Waals surface area contributed by atoms with Gasteiger partial charge in [-0.05, 0) is 25.7 Å². The zero-order valence-electron chi connectivity index (χ0n) is 8.22. The summed E-state index contributed by atoms with van der Waals surface area (Å²) >= 11 is 0. The normalized spacial score (nSPS) is 52.9. The summed E-state index contributed by atoms with van der Waals surface area (Å²) in [6.07, 6.45) is 3.62. The molecule has 3 fully saturated rings. The molecule has 2 heterocycles. The molecule has 0 aromatic carbocycles. The SMILES string of the molecule is CC1C(F)(F)C12CC1CCC(C2)N1.Cl. The molecule has 1 saturated carbocycles. The summed E-state index contributed by atoms with van der Waals surface area (Å²) in [4.78, 5) is 0. The Bertz CT molecular complexity index is 245. The van der Waals surface area contributed by atoms with Crippen LogP contribution in [0.15, 0.2) is 0 Å². The van der Waals surface area contributed by atoms with Crippen molar-refractivity contribution < 1.29 is 8.78 Å². The predicted octanol–water partition coefficient (Wildman–Crippen LogP) is 2.59. The second-order valence-corrected chi connectivity index (χ2v) is 5.05. The summed E-state index contributed by atoms with van der Waals surface area (Å²) in [5.41, 5.74) is -0.607. The maximum absolute atomic E-state index is 13.4. The zero-order chi connectivity index (χ0) is 9.27. The maximum Gasteiger partial charge on any atom is 0.257 e. The van der Waals surface area contributed by atoms with Gasteiger partial charge >= 0.3 is 0 Å². The molecule has 0 aromatic heterocycles. The molecule has 3 atom stereocenters. The minimum atomic E-state index is -2.37. The lowest BCUT2D eigenvalue weighted by Crippen LogP contribution is -2.41. The minimum Gasteiger partial charge on any atom is -0.311 e. The van der Waals surface area contributed by atoms with Crippen LogP contribution in [0.5, 0.6) is 0 Å². The van der Waals surface area contributed by atoms with Crippen LogP contribution in [0.2, 0.25) is 0 Å². The molecule has 3 rings (SSSR count). The molecule has 2 bridgehead atoms. The van der Waals surface area contributed by atoms with E-state index in [1.54, 1.807) is 6.92 Å². The van der Waals surface area contributed by atoms with Crippen molar-refractivity contribution >= 4 is 12.4 Å². The van der Waals surface area contributed by atoms with Gasteiger partial charge in [0, 0.05) is 23.4 Å². The highest BCUT2D eigenvalue weighted by Crippen LogP contribution is 2.72. The van der Waals surface area contributed by atoms with Crippen molar-refractivity contribution in [2.24, 2.45) is 11.3 Å². The van der Waals surface area contributed by atoms with Crippen LogP contribution in [0.1, 0.15) is 32.6 Å². The van der Waals surface area contributed by atoms with E-state index in [2.05, 4.69) is 5.32 Å². The van der Waals surface area contributed by atoms with Crippen molar-refractivity contribution in [3.8, 4) is 0 Å². The van der Waals surface area contributed by atoms with Gasteiger partial charge in [0.15, 0.2) is 0 Å². The van der Waals surface area contributed by atoms with Crippen molar-refractivity contribution in [3.63, 3.8) is 0 Å². The molecular weight excluding hydrogens is 208 g/mol.